The monoisotopic (exact) mass is 277 g/mol. The Morgan fingerprint density at radius 1 is 1.26 bits per heavy atom. The number of halogens is 1. The Bertz CT molecular complexity index is 555. The van der Waals surface area contributed by atoms with Crippen molar-refractivity contribution in [3.05, 3.63) is 40.9 Å². The molecule has 5 nitrogen and oxygen atoms in total. The largest absolute Gasteiger partial charge is 0.373 e. The Hall–Kier alpha value is -2.01. The molecule has 0 saturated carbocycles. The van der Waals surface area contributed by atoms with Crippen LogP contribution in [-0.2, 0) is 6.54 Å². The van der Waals surface area contributed by atoms with Crippen molar-refractivity contribution in [3.63, 3.8) is 0 Å². The normalized spacial score (nSPS) is 10.3. The Morgan fingerprint density at radius 3 is 2.58 bits per heavy atom. The molecule has 0 aliphatic rings. The number of nitrogens with one attached hydrogen (secondary N) is 1. The van der Waals surface area contributed by atoms with Crippen LogP contribution in [-0.4, -0.2) is 24.1 Å². The van der Waals surface area contributed by atoms with Crippen LogP contribution in [0.3, 0.4) is 0 Å². The first-order valence-corrected chi connectivity index (χ1v) is 6.24. The molecular formula is C13H16ClN5. The Balaban J connectivity index is 2.17. The van der Waals surface area contributed by atoms with Gasteiger partial charge < -0.3 is 16.0 Å². The van der Waals surface area contributed by atoms with Crippen LogP contribution in [0.1, 0.15) is 5.56 Å². The van der Waals surface area contributed by atoms with Crippen LogP contribution >= 0.6 is 11.6 Å². The third kappa shape index (κ3) is 3.48. The predicted molar refractivity (Wildman–Crippen MR) is 79.6 cm³/mol. The highest BCUT2D eigenvalue weighted by molar-refractivity contribution is 6.30. The lowest BCUT2D eigenvalue weighted by Gasteiger charge is -2.19. The van der Waals surface area contributed by atoms with Gasteiger partial charge in [-0.3, -0.25) is 0 Å². The molecular weight excluding hydrogens is 262 g/mol. The summed E-state index contributed by atoms with van der Waals surface area (Å²) in [7, 11) is 3.75. The van der Waals surface area contributed by atoms with Gasteiger partial charge in [0.1, 0.15) is 11.6 Å². The third-order valence-corrected chi connectivity index (χ3v) is 2.96. The predicted octanol–water partition coefficient (Wildman–Crippen LogP) is 2.39. The Kier molecular flexibility index (Phi) is 4.06. The number of hydrogen-bond acceptors (Lipinski definition) is 5. The first kappa shape index (κ1) is 13.4. The molecule has 1 aromatic carbocycles. The lowest BCUT2D eigenvalue weighted by Crippen LogP contribution is -2.18. The maximum atomic E-state index is 5.87. The van der Waals surface area contributed by atoms with E-state index in [-0.39, 0.29) is 5.95 Å². The quantitative estimate of drug-likeness (QED) is 0.898. The minimum Gasteiger partial charge on any atom is -0.373 e. The molecule has 0 aliphatic carbocycles. The van der Waals surface area contributed by atoms with Crippen LogP contribution in [0, 0.1) is 0 Å². The second kappa shape index (κ2) is 5.75. The summed E-state index contributed by atoms with van der Waals surface area (Å²) >= 11 is 5.87. The molecule has 0 spiro atoms. The van der Waals surface area contributed by atoms with Gasteiger partial charge in [0.15, 0.2) is 0 Å². The minimum absolute atomic E-state index is 0.254. The van der Waals surface area contributed by atoms with E-state index in [4.69, 9.17) is 17.3 Å². The van der Waals surface area contributed by atoms with Gasteiger partial charge in [-0.25, -0.2) is 0 Å². The maximum Gasteiger partial charge on any atom is 0.223 e. The molecule has 2 aromatic rings. The number of anilines is 3. The van der Waals surface area contributed by atoms with Gasteiger partial charge in [-0.05, 0) is 17.7 Å². The van der Waals surface area contributed by atoms with Crippen LogP contribution < -0.4 is 16.0 Å². The first-order chi connectivity index (χ1) is 9.08. The Labute approximate surface area is 117 Å². The summed E-state index contributed by atoms with van der Waals surface area (Å²) < 4.78 is 0. The van der Waals surface area contributed by atoms with Gasteiger partial charge in [0.05, 0.1) is 0 Å². The van der Waals surface area contributed by atoms with E-state index in [1.165, 1.54) is 0 Å². The van der Waals surface area contributed by atoms with Crippen molar-refractivity contribution in [2.75, 3.05) is 30.0 Å². The van der Waals surface area contributed by atoms with Crippen molar-refractivity contribution in [3.8, 4) is 0 Å². The zero-order chi connectivity index (χ0) is 13.8. The van der Waals surface area contributed by atoms with E-state index in [2.05, 4.69) is 15.3 Å². The summed E-state index contributed by atoms with van der Waals surface area (Å²) in [6.45, 7) is 0.719. The molecule has 0 aliphatic heterocycles. The highest BCUT2D eigenvalue weighted by Gasteiger charge is 2.07. The number of nitrogens with two attached hydrogens (primary N) is 1. The fourth-order valence-electron chi connectivity index (χ4n) is 1.72. The molecule has 1 aromatic heterocycles. The van der Waals surface area contributed by atoms with Crippen LogP contribution in [0.5, 0.6) is 0 Å². The maximum absolute atomic E-state index is 5.87. The third-order valence-electron chi connectivity index (χ3n) is 2.71. The molecule has 0 fully saturated rings. The van der Waals surface area contributed by atoms with E-state index in [0.717, 1.165) is 22.9 Å². The number of nitrogens with zero attached hydrogens (tertiary/aromatic N) is 3. The van der Waals surface area contributed by atoms with Crippen LogP contribution in [0.15, 0.2) is 30.3 Å². The highest BCUT2D eigenvalue weighted by Crippen LogP contribution is 2.18. The molecule has 0 atom stereocenters. The average Bonchev–Trinajstić information content (AvgIpc) is 2.40. The molecule has 1 heterocycles. The van der Waals surface area contributed by atoms with Gasteiger partial charge in [-0.2, -0.15) is 9.97 Å². The van der Waals surface area contributed by atoms with Gasteiger partial charge in [-0.15, -0.1) is 0 Å². The van der Waals surface area contributed by atoms with E-state index in [1.54, 1.807) is 7.05 Å². The average molecular weight is 278 g/mol. The summed E-state index contributed by atoms with van der Waals surface area (Å²) in [5.41, 5.74) is 6.83. The van der Waals surface area contributed by atoms with Crippen molar-refractivity contribution in [2.45, 2.75) is 6.54 Å². The number of benzene rings is 1. The molecule has 3 N–H and O–H groups in total. The van der Waals surface area contributed by atoms with E-state index in [9.17, 15) is 0 Å². The summed E-state index contributed by atoms with van der Waals surface area (Å²) in [6, 6.07) is 9.58. The molecule has 2 rings (SSSR count). The molecule has 19 heavy (non-hydrogen) atoms. The van der Waals surface area contributed by atoms with Crippen molar-refractivity contribution < 1.29 is 0 Å². The smallest absolute Gasteiger partial charge is 0.223 e. The highest BCUT2D eigenvalue weighted by atomic mass is 35.5. The Morgan fingerprint density at radius 2 is 1.95 bits per heavy atom. The lowest BCUT2D eigenvalue weighted by atomic mass is 10.2. The number of rotatable bonds is 4. The van der Waals surface area contributed by atoms with Gasteiger partial charge in [0.25, 0.3) is 0 Å². The topological polar surface area (TPSA) is 67.1 Å². The summed E-state index contributed by atoms with van der Waals surface area (Å²) in [5.74, 6) is 1.72. The fraction of sp³-hybridized carbons (Fsp3) is 0.231. The number of nitrogen functional groups attached to an aromatic ring is 1. The molecule has 0 unspecified atom stereocenters. The van der Waals surface area contributed by atoms with Gasteiger partial charge in [0, 0.05) is 31.7 Å². The van der Waals surface area contributed by atoms with E-state index >= 15 is 0 Å². The van der Waals surface area contributed by atoms with Crippen LogP contribution in [0.2, 0.25) is 5.02 Å². The molecule has 0 amide bonds. The van der Waals surface area contributed by atoms with Gasteiger partial charge in [0.2, 0.25) is 5.95 Å². The zero-order valence-corrected chi connectivity index (χ0v) is 11.6. The first-order valence-electron chi connectivity index (χ1n) is 5.86. The fourth-order valence-corrected chi connectivity index (χ4v) is 1.85. The SMILES string of the molecule is CNc1cc(N(C)Cc2ccc(Cl)cc2)nc(N)n1. The molecule has 100 valence electrons. The minimum atomic E-state index is 0.254. The summed E-state index contributed by atoms with van der Waals surface area (Å²) in [4.78, 5) is 10.3. The number of hydrogen-bond donors (Lipinski definition) is 2. The summed E-state index contributed by atoms with van der Waals surface area (Å²) in [6.07, 6.45) is 0. The van der Waals surface area contributed by atoms with Crippen molar-refractivity contribution in [1.82, 2.24) is 9.97 Å². The zero-order valence-electron chi connectivity index (χ0n) is 10.9. The van der Waals surface area contributed by atoms with E-state index in [1.807, 2.05) is 42.3 Å². The van der Waals surface area contributed by atoms with Gasteiger partial charge >= 0.3 is 0 Å². The lowest BCUT2D eigenvalue weighted by molar-refractivity contribution is 0.894. The summed E-state index contributed by atoms with van der Waals surface area (Å²) in [5, 5.41) is 3.69. The molecule has 6 heteroatoms. The standard InChI is InChI=1S/C13H16ClN5/c1-16-11-7-12(18-13(15)17-11)19(2)8-9-3-5-10(14)6-4-9/h3-7H,8H2,1-2H3,(H3,15,16,17,18). The van der Waals surface area contributed by atoms with Crippen molar-refractivity contribution >= 4 is 29.2 Å². The van der Waals surface area contributed by atoms with E-state index < -0.39 is 0 Å². The van der Waals surface area contributed by atoms with Crippen molar-refractivity contribution in [2.24, 2.45) is 0 Å². The molecule has 0 bridgehead atoms. The molecule has 0 saturated heterocycles. The second-order valence-electron chi connectivity index (χ2n) is 4.20. The second-order valence-corrected chi connectivity index (χ2v) is 4.64. The van der Waals surface area contributed by atoms with Crippen molar-refractivity contribution in [1.29, 1.82) is 0 Å². The number of aromatic nitrogens is 2. The van der Waals surface area contributed by atoms with E-state index in [0.29, 0.717) is 5.82 Å². The molecule has 0 radical (unpaired) electrons. The van der Waals surface area contributed by atoms with Gasteiger partial charge in [-0.1, -0.05) is 23.7 Å². The van der Waals surface area contributed by atoms with Crippen LogP contribution in [0.25, 0.3) is 0 Å². The van der Waals surface area contributed by atoms with Crippen LogP contribution in [0.4, 0.5) is 17.6 Å².